The fraction of sp³-hybridized carbons (Fsp3) is 0.316. The molecule has 1 saturated heterocycles. The van der Waals surface area contributed by atoms with Gasteiger partial charge in [0.15, 0.2) is 0 Å². The van der Waals surface area contributed by atoms with Crippen molar-refractivity contribution >= 4 is 17.7 Å². The number of amides is 1. The summed E-state index contributed by atoms with van der Waals surface area (Å²) in [5.41, 5.74) is 2.39. The zero-order valence-corrected chi connectivity index (χ0v) is 14.7. The number of hydrogen-bond acceptors (Lipinski definition) is 4. The van der Waals surface area contributed by atoms with E-state index in [1.165, 1.54) is 0 Å². The van der Waals surface area contributed by atoms with Gasteiger partial charge in [-0.1, -0.05) is 18.2 Å². The van der Waals surface area contributed by atoms with Gasteiger partial charge in [0.05, 0.1) is 6.61 Å². The molecule has 124 valence electrons. The van der Waals surface area contributed by atoms with E-state index in [9.17, 15) is 4.79 Å². The lowest BCUT2D eigenvalue weighted by Crippen LogP contribution is -2.46. The first-order valence-electron chi connectivity index (χ1n) is 8.19. The van der Waals surface area contributed by atoms with Crippen molar-refractivity contribution in [3.63, 3.8) is 0 Å². The molecule has 2 aromatic rings. The highest BCUT2D eigenvalue weighted by Crippen LogP contribution is 2.45. The van der Waals surface area contributed by atoms with Crippen LogP contribution in [0.15, 0.2) is 47.4 Å². The quantitative estimate of drug-likeness (QED) is 0.869. The predicted octanol–water partition coefficient (Wildman–Crippen LogP) is 3.07. The topological polar surface area (TPSA) is 41.6 Å². The Kier molecular flexibility index (Phi) is 3.77. The van der Waals surface area contributed by atoms with Crippen molar-refractivity contribution in [3.05, 3.63) is 59.2 Å². The number of fused-ring (bicyclic) bond motifs is 3. The van der Waals surface area contributed by atoms with E-state index >= 15 is 0 Å². The Labute approximate surface area is 146 Å². The smallest absolute Gasteiger partial charge is 0.256 e. The standard InChI is InChI=1S/C19H20N2O2S/c1-3-23-14-6-4-13(5-7-14)19-17-9-8-15(24-2)12-16(17)18(22)21(19)11-10-20-19/h4-9,12,20H,3,10-11H2,1-2H3. The summed E-state index contributed by atoms with van der Waals surface area (Å²) >= 11 is 1.66. The lowest BCUT2D eigenvalue weighted by molar-refractivity contribution is 0.0694. The van der Waals surface area contributed by atoms with Crippen LogP contribution in [0, 0.1) is 0 Å². The second-order valence-electron chi connectivity index (χ2n) is 5.96. The van der Waals surface area contributed by atoms with Gasteiger partial charge in [0, 0.05) is 29.1 Å². The number of carbonyl (C=O) groups excluding carboxylic acids is 1. The maximum atomic E-state index is 12.9. The van der Waals surface area contributed by atoms with Crippen LogP contribution in [-0.2, 0) is 5.66 Å². The molecule has 0 aliphatic carbocycles. The summed E-state index contributed by atoms with van der Waals surface area (Å²) in [7, 11) is 0. The second kappa shape index (κ2) is 5.83. The highest BCUT2D eigenvalue weighted by atomic mass is 32.2. The molecule has 1 unspecified atom stereocenters. The van der Waals surface area contributed by atoms with E-state index in [0.29, 0.717) is 6.61 Å². The summed E-state index contributed by atoms with van der Waals surface area (Å²) in [6.07, 6.45) is 2.03. The van der Waals surface area contributed by atoms with E-state index in [-0.39, 0.29) is 5.91 Å². The summed E-state index contributed by atoms with van der Waals surface area (Å²) in [6.45, 7) is 4.13. The third-order valence-corrected chi connectivity index (χ3v) is 5.52. The molecule has 2 heterocycles. The molecule has 0 radical (unpaired) electrons. The van der Waals surface area contributed by atoms with Gasteiger partial charge in [-0.05, 0) is 43.0 Å². The fourth-order valence-electron chi connectivity index (χ4n) is 3.77. The van der Waals surface area contributed by atoms with Crippen LogP contribution in [0.2, 0.25) is 0 Å². The zero-order valence-electron chi connectivity index (χ0n) is 13.8. The number of nitrogens with one attached hydrogen (secondary N) is 1. The number of nitrogens with zero attached hydrogens (tertiary/aromatic N) is 1. The summed E-state index contributed by atoms with van der Waals surface area (Å²) in [5.74, 6) is 0.962. The van der Waals surface area contributed by atoms with E-state index in [4.69, 9.17) is 4.74 Å². The minimum atomic E-state index is -0.548. The number of carbonyl (C=O) groups is 1. The van der Waals surface area contributed by atoms with Crippen LogP contribution in [0.4, 0.5) is 0 Å². The highest BCUT2D eigenvalue weighted by Gasteiger charge is 2.53. The average Bonchev–Trinajstić information content (AvgIpc) is 3.15. The minimum absolute atomic E-state index is 0.111. The molecule has 2 aliphatic rings. The number of thioether (sulfide) groups is 1. The van der Waals surface area contributed by atoms with Crippen molar-refractivity contribution in [1.82, 2.24) is 10.2 Å². The summed E-state index contributed by atoms with van der Waals surface area (Å²) in [5, 5.41) is 3.58. The molecule has 0 saturated carbocycles. The Balaban J connectivity index is 1.85. The number of hydrogen-bond donors (Lipinski definition) is 1. The van der Waals surface area contributed by atoms with Crippen molar-refractivity contribution in [2.75, 3.05) is 26.0 Å². The third-order valence-electron chi connectivity index (χ3n) is 4.80. The van der Waals surface area contributed by atoms with E-state index in [1.54, 1.807) is 11.8 Å². The Morgan fingerprint density at radius 2 is 2.04 bits per heavy atom. The van der Waals surface area contributed by atoms with Gasteiger partial charge in [0.2, 0.25) is 0 Å². The molecule has 1 N–H and O–H groups in total. The van der Waals surface area contributed by atoms with Gasteiger partial charge in [-0.3, -0.25) is 10.1 Å². The lowest BCUT2D eigenvalue weighted by atomic mass is 9.91. The summed E-state index contributed by atoms with van der Waals surface area (Å²) in [4.78, 5) is 16.0. The molecule has 2 aromatic carbocycles. The number of benzene rings is 2. The maximum Gasteiger partial charge on any atom is 0.256 e. The molecule has 0 spiro atoms. The fourth-order valence-corrected chi connectivity index (χ4v) is 4.21. The Morgan fingerprint density at radius 1 is 1.25 bits per heavy atom. The van der Waals surface area contributed by atoms with E-state index in [0.717, 1.165) is 40.4 Å². The van der Waals surface area contributed by atoms with E-state index < -0.39 is 5.66 Å². The normalized spacial score (nSPS) is 21.8. The third kappa shape index (κ3) is 2.08. The highest BCUT2D eigenvalue weighted by molar-refractivity contribution is 7.98. The SMILES string of the molecule is CCOc1ccc(C23NCCN2C(=O)c2cc(SC)ccc23)cc1. The van der Waals surface area contributed by atoms with Gasteiger partial charge in [0.25, 0.3) is 5.91 Å². The molecule has 24 heavy (non-hydrogen) atoms. The molecule has 4 nitrogen and oxygen atoms in total. The van der Waals surface area contributed by atoms with Gasteiger partial charge in [-0.25, -0.2) is 0 Å². The van der Waals surface area contributed by atoms with Gasteiger partial charge in [-0.15, -0.1) is 11.8 Å². The van der Waals surface area contributed by atoms with Crippen molar-refractivity contribution in [2.24, 2.45) is 0 Å². The molecule has 1 amide bonds. The van der Waals surface area contributed by atoms with Crippen LogP contribution in [0.3, 0.4) is 0 Å². The first-order valence-corrected chi connectivity index (χ1v) is 9.42. The monoisotopic (exact) mass is 340 g/mol. The van der Waals surface area contributed by atoms with Crippen molar-refractivity contribution in [2.45, 2.75) is 17.5 Å². The van der Waals surface area contributed by atoms with Gasteiger partial charge < -0.3 is 9.64 Å². The van der Waals surface area contributed by atoms with Crippen LogP contribution in [0.5, 0.6) is 5.75 Å². The lowest BCUT2D eigenvalue weighted by Gasteiger charge is -2.33. The van der Waals surface area contributed by atoms with Crippen molar-refractivity contribution < 1.29 is 9.53 Å². The summed E-state index contributed by atoms with van der Waals surface area (Å²) in [6, 6.07) is 14.3. The van der Waals surface area contributed by atoms with Gasteiger partial charge >= 0.3 is 0 Å². The van der Waals surface area contributed by atoms with E-state index in [1.807, 2.05) is 36.3 Å². The largest absolute Gasteiger partial charge is 0.494 e. The number of rotatable bonds is 4. The molecule has 1 fully saturated rings. The molecule has 2 aliphatic heterocycles. The molecule has 5 heteroatoms. The van der Waals surface area contributed by atoms with E-state index in [2.05, 4.69) is 29.6 Å². The number of ether oxygens (including phenoxy) is 1. The van der Waals surface area contributed by atoms with Crippen LogP contribution < -0.4 is 10.1 Å². The van der Waals surface area contributed by atoms with Gasteiger partial charge in [-0.2, -0.15) is 0 Å². The predicted molar refractivity (Wildman–Crippen MR) is 95.7 cm³/mol. The van der Waals surface area contributed by atoms with Crippen molar-refractivity contribution in [3.8, 4) is 5.75 Å². The molecule has 1 atom stereocenters. The van der Waals surface area contributed by atoms with Gasteiger partial charge in [0.1, 0.15) is 11.4 Å². The first-order chi connectivity index (χ1) is 11.7. The Morgan fingerprint density at radius 3 is 2.75 bits per heavy atom. The maximum absolute atomic E-state index is 12.9. The first kappa shape index (κ1) is 15.5. The van der Waals surface area contributed by atoms with Crippen LogP contribution in [0.25, 0.3) is 0 Å². The second-order valence-corrected chi connectivity index (χ2v) is 6.84. The molecule has 0 aromatic heterocycles. The van der Waals surface area contributed by atoms with Crippen LogP contribution in [-0.4, -0.2) is 36.8 Å². The molecular weight excluding hydrogens is 320 g/mol. The average molecular weight is 340 g/mol. The molecular formula is C19H20N2O2S. The molecule has 0 bridgehead atoms. The minimum Gasteiger partial charge on any atom is -0.494 e. The Hall–Kier alpha value is -1.98. The summed E-state index contributed by atoms with van der Waals surface area (Å²) < 4.78 is 5.55. The zero-order chi connectivity index (χ0) is 16.7. The van der Waals surface area contributed by atoms with Crippen molar-refractivity contribution in [1.29, 1.82) is 0 Å². The van der Waals surface area contributed by atoms with Crippen LogP contribution >= 0.6 is 11.8 Å². The Bertz CT molecular complexity index is 790. The van der Waals surface area contributed by atoms with Crippen LogP contribution in [0.1, 0.15) is 28.4 Å². The molecule has 4 rings (SSSR count).